The number of halogens is 1. The second kappa shape index (κ2) is 7.38. The standard InChI is InChI=1S/C11H15BrN2O2/c12-10-3-1-9(2-4-10)7-14-5-6-16-8-11(13)15/h1-4,14H,5-8H2,(H2,13,15). The van der Waals surface area contributed by atoms with Gasteiger partial charge in [-0.05, 0) is 17.7 Å². The molecule has 1 aromatic rings. The zero-order valence-corrected chi connectivity index (χ0v) is 10.5. The second-order valence-corrected chi connectivity index (χ2v) is 4.24. The third kappa shape index (κ3) is 5.85. The first-order valence-corrected chi connectivity index (χ1v) is 5.79. The van der Waals surface area contributed by atoms with Gasteiger partial charge in [0.25, 0.3) is 0 Å². The van der Waals surface area contributed by atoms with Gasteiger partial charge in [-0.2, -0.15) is 0 Å². The number of nitrogens with one attached hydrogen (secondary N) is 1. The van der Waals surface area contributed by atoms with Crippen LogP contribution in [0.25, 0.3) is 0 Å². The van der Waals surface area contributed by atoms with E-state index < -0.39 is 5.91 Å². The van der Waals surface area contributed by atoms with E-state index in [-0.39, 0.29) is 6.61 Å². The van der Waals surface area contributed by atoms with Gasteiger partial charge in [0.2, 0.25) is 5.91 Å². The van der Waals surface area contributed by atoms with Crippen LogP contribution in [-0.4, -0.2) is 25.7 Å². The summed E-state index contributed by atoms with van der Waals surface area (Å²) in [7, 11) is 0. The zero-order valence-electron chi connectivity index (χ0n) is 8.91. The van der Waals surface area contributed by atoms with E-state index in [9.17, 15) is 4.79 Å². The summed E-state index contributed by atoms with van der Waals surface area (Å²) in [5.41, 5.74) is 6.13. The van der Waals surface area contributed by atoms with Gasteiger partial charge >= 0.3 is 0 Å². The molecule has 0 radical (unpaired) electrons. The third-order valence-electron chi connectivity index (χ3n) is 1.91. The van der Waals surface area contributed by atoms with Crippen LogP contribution in [0.4, 0.5) is 0 Å². The van der Waals surface area contributed by atoms with Crippen LogP contribution in [0, 0.1) is 0 Å². The molecule has 1 aromatic carbocycles. The highest BCUT2D eigenvalue weighted by atomic mass is 79.9. The second-order valence-electron chi connectivity index (χ2n) is 3.32. The van der Waals surface area contributed by atoms with Gasteiger partial charge in [-0.1, -0.05) is 28.1 Å². The lowest BCUT2D eigenvalue weighted by Gasteiger charge is -2.05. The van der Waals surface area contributed by atoms with Crippen LogP contribution in [0.2, 0.25) is 0 Å². The molecule has 0 saturated heterocycles. The number of amides is 1. The molecule has 0 fully saturated rings. The molecule has 3 N–H and O–H groups in total. The summed E-state index contributed by atoms with van der Waals surface area (Å²) in [6, 6.07) is 8.09. The van der Waals surface area contributed by atoms with E-state index in [2.05, 4.69) is 21.2 Å². The van der Waals surface area contributed by atoms with Crippen molar-refractivity contribution in [1.82, 2.24) is 5.32 Å². The number of hydrogen-bond acceptors (Lipinski definition) is 3. The molecule has 0 spiro atoms. The van der Waals surface area contributed by atoms with Crippen molar-refractivity contribution in [2.45, 2.75) is 6.54 Å². The number of nitrogens with two attached hydrogens (primary N) is 1. The highest BCUT2D eigenvalue weighted by molar-refractivity contribution is 9.10. The van der Waals surface area contributed by atoms with Gasteiger partial charge in [0.1, 0.15) is 6.61 Å². The van der Waals surface area contributed by atoms with Crippen LogP contribution in [0.3, 0.4) is 0 Å². The Hall–Kier alpha value is -0.910. The summed E-state index contributed by atoms with van der Waals surface area (Å²) in [4.78, 5) is 10.4. The number of hydrogen-bond donors (Lipinski definition) is 2. The Balaban J connectivity index is 2.07. The average molecular weight is 287 g/mol. The number of carbonyl (C=O) groups excluding carboxylic acids is 1. The maximum atomic E-state index is 10.4. The Morgan fingerprint density at radius 3 is 2.69 bits per heavy atom. The van der Waals surface area contributed by atoms with Crippen LogP contribution in [0.1, 0.15) is 5.56 Å². The van der Waals surface area contributed by atoms with E-state index in [0.29, 0.717) is 13.2 Å². The predicted molar refractivity (Wildman–Crippen MR) is 65.9 cm³/mol. The normalized spacial score (nSPS) is 10.3. The van der Waals surface area contributed by atoms with E-state index in [4.69, 9.17) is 10.5 Å². The van der Waals surface area contributed by atoms with Crippen molar-refractivity contribution < 1.29 is 9.53 Å². The molecule has 4 nitrogen and oxygen atoms in total. The van der Waals surface area contributed by atoms with Crippen LogP contribution < -0.4 is 11.1 Å². The first kappa shape index (κ1) is 13.2. The summed E-state index contributed by atoms with van der Waals surface area (Å²) in [6.07, 6.45) is 0. The molecule has 88 valence electrons. The fourth-order valence-corrected chi connectivity index (χ4v) is 1.42. The molecule has 0 aliphatic heterocycles. The van der Waals surface area contributed by atoms with E-state index >= 15 is 0 Å². The van der Waals surface area contributed by atoms with Crippen LogP contribution >= 0.6 is 15.9 Å². The van der Waals surface area contributed by atoms with Crippen molar-refractivity contribution in [3.05, 3.63) is 34.3 Å². The lowest BCUT2D eigenvalue weighted by atomic mass is 10.2. The van der Waals surface area contributed by atoms with Crippen LogP contribution in [0.5, 0.6) is 0 Å². The molecular weight excluding hydrogens is 272 g/mol. The highest BCUT2D eigenvalue weighted by Crippen LogP contribution is 2.09. The smallest absolute Gasteiger partial charge is 0.243 e. The molecule has 0 saturated carbocycles. The van der Waals surface area contributed by atoms with Gasteiger partial charge in [0.15, 0.2) is 0 Å². The van der Waals surface area contributed by atoms with Crippen molar-refractivity contribution in [2.75, 3.05) is 19.8 Å². The summed E-state index contributed by atoms with van der Waals surface area (Å²) >= 11 is 3.38. The lowest BCUT2D eigenvalue weighted by molar-refractivity contribution is -0.122. The molecule has 0 atom stereocenters. The molecule has 0 aliphatic carbocycles. The molecule has 1 amide bonds. The summed E-state index contributed by atoms with van der Waals surface area (Å²) in [5.74, 6) is -0.437. The van der Waals surface area contributed by atoms with Gasteiger partial charge < -0.3 is 15.8 Å². The number of rotatable bonds is 7. The lowest BCUT2D eigenvalue weighted by Crippen LogP contribution is -2.23. The van der Waals surface area contributed by atoms with Crippen molar-refractivity contribution in [2.24, 2.45) is 5.73 Å². The van der Waals surface area contributed by atoms with Crippen molar-refractivity contribution in [3.63, 3.8) is 0 Å². The number of benzene rings is 1. The van der Waals surface area contributed by atoms with Gasteiger partial charge in [-0.25, -0.2) is 0 Å². The largest absolute Gasteiger partial charge is 0.370 e. The van der Waals surface area contributed by atoms with E-state index in [0.717, 1.165) is 11.0 Å². The maximum Gasteiger partial charge on any atom is 0.243 e. The van der Waals surface area contributed by atoms with Crippen molar-refractivity contribution in [1.29, 1.82) is 0 Å². The Morgan fingerprint density at radius 2 is 2.06 bits per heavy atom. The Bertz CT molecular complexity index is 327. The Labute approximate surface area is 103 Å². The van der Waals surface area contributed by atoms with Gasteiger partial charge in [-0.15, -0.1) is 0 Å². The van der Waals surface area contributed by atoms with E-state index in [1.807, 2.05) is 24.3 Å². The van der Waals surface area contributed by atoms with E-state index in [1.54, 1.807) is 0 Å². The first-order valence-electron chi connectivity index (χ1n) is 4.99. The number of primary amides is 1. The fourth-order valence-electron chi connectivity index (χ4n) is 1.15. The molecule has 0 bridgehead atoms. The molecular formula is C11H15BrN2O2. The zero-order chi connectivity index (χ0) is 11.8. The minimum Gasteiger partial charge on any atom is -0.370 e. The average Bonchev–Trinajstić information content (AvgIpc) is 2.25. The molecule has 0 aromatic heterocycles. The van der Waals surface area contributed by atoms with Crippen molar-refractivity contribution >= 4 is 21.8 Å². The third-order valence-corrected chi connectivity index (χ3v) is 2.44. The SMILES string of the molecule is NC(=O)COCCNCc1ccc(Br)cc1. The molecule has 0 aliphatic rings. The molecule has 16 heavy (non-hydrogen) atoms. The minimum absolute atomic E-state index is 0.0139. The van der Waals surface area contributed by atoms with Gasteiger partial charge in [0.05, 0.1) is 6.61 Å². The maximum absolute atomic E-state index is 10.4. The van der Waals surface area contributed by atoms with Gasteiger partial charge in [0, 0.05) is 17.6 Å². The molecule has 0 unspecified atom stereocenters. The topological polar surface area (TPSA) is 64.4 Å². The Kier molecular flexibility index (Phi) is 6.07. The molecule has 5 heteroatoms. The monoisotopic (exact) mass is 286 g/mol. The number of carbonyl (C=O) groups is 1. The predicted octanol–water partition coefficient (Wildman–Crippen LogP) is 1.04. The number of ether oxygens (including phenoxy) is 1. The van der Waals surface area contributed by atoms with Gasteiger partial charge in [-0.3, -0.25) is 4.79 Å². The molecule has 0 heterocycles. The fraction of sp³-hybridized carbons (Fsp3) is 0.364. The van der Waals surface area contributed by atoms with E-state index in [1.165, 1.54) is 5.56 Å². The summed E-state index contributed by atoms with van der Waals surface area (Å²) in [5, 5.41) is 3.20. The summed E-state index contributed by atoms with van der Waals surface area (Å²) < 4.78 is 6.08. The quantitative estimate of drug-likeness (QED) is 0.736. The van der Waals surface area contributed by atoms with Crippen LogP contribution in [-0.2, 0) is 16.1 Å². The Morgan fingerprint density at radius 1 is 1.38 bits per heavy atom. The van der Waals surface area contributed by atoms with Crippen molar-refractivity contribution in [3.8, 4) is 0 Å². The minimum atomic E-state index is -0.437. The van der Waals surface area contributed by atoms with Crippen LogP contribution in [0.15, 0.2) is 28.7 Å². The first-order chi connectivity index (χ1) is 7.68. The summed E-state index contributed by atoms with van der Waals surface area (Å²) in [6.45, 7) is 1.95. The highest BCUT2D eigenvalue weighted by Gasteiger charge is 1.95. The molecule has 1 rings (SSSR count).